The van der Waals surface area contributed by atoms with Gasteiger partial charge in [-0.15, -0.1) is 11.8 Å². The Hall–Kier alpha value is -0.0600. The molecule has 1 N–H and O–H groups in total. The molecule has 90 valence electrons. The van der Waals surface area contributed by atoms with Gasteiger partial charge in [-0.1, -0.05) is 6.92 Å². The first-order chi connectivity index (χ1) is 7.72. The lowest BCUT2D eigenvalue weighted by molar-refractivity contribution is 0.526. The summed E-state index contributed by atoms with van der Waals surface area (Å²) in [7, 11) is 0. The third-order valence-electron chi connectivity index (χ3n) is 2.28. The van der Waals surface area contributed by atoms with E-state index in [9.17, 15) is 0 Å². The molecule has 1 unspecified atom stereocenters. The van der Waals surface area contributed by atoms with Crippen LogP contribution in [0.4, 0.5) is 0 Å². The van der Waals surface area contributed by atoms with E-state index in [1.54, 1.807) is 0 Å². The topological polar surface area (TPSA) is 24.9 Å². The number of rotatable bonds is 7. The number of hydrogen-bond donors (Lipinski definition) is 1. The van der Waals surface area contributed by atoms with Gasteiger partial charge in [-0.05, 0) is 60.1 Å². The van der Waals surface area contributed by atoms with E-state index < -0.39 is 0 Å². The van der Waals surface area contributed by atoms with Crippen LogP contribution in [0.1, 0.15) is 26.7 Å². The van der Waals surface area contributed by atoms with Gasteiger partial charge in [0.05, 0.1) is 5.03 Å². The molecule has 0 aromatic carbocycles. The average molecular weight is 303 g/mol. The van der Waals surface area contributed by atoms with Gasteiger partial charge < -0.3 is 5.32 Å². The van der Waals surface area contributed by atoms with Crippen molar-refractivity contribution in [3.05, 3.63) is 22.8 Å². The fourth-order valence-electron chi connectivity index (χ4n) is 1.46. The van der Waals surface area contributed by atoms with E-state index in [-0.39, 0.29) is 0 Å². The summed E-state index contributed by atoms with van der Waals surface area (Å²) in [4.78, 5) is 4.33. The highest BCUT2D eigenvalue weighted by molar-refractivity contribution is 9.10. The molecule has 0 aliphatic heterocycles. The Morgan fingerprint density at radius 2 is 2.31 bits per heavy atom. The number of nitrogens with zero attached hydrogens (tertiary/aromatic N) is 1. The minimum atomic E-state index is 0.628. The highest BCUT2D eigenvalue weighted by Gasteiger charge is 2.00. The summed E-state index contributed by atoms with van der Waals surface area (Å²) >= 11 is 5.21. The number of hydrogen-bond acceptors (Lipinski definition) is 3. The first kappa shape index (κ1) is 14.0. The van der Waals surface area contributed by atoms with Crippen molar-refractivity contribution in [1.82, 2.24) is 10.3 Å². The summed E-state index contributed by atoms with van der Waals surface area (Å²) < 4.78 is 1.04. The van der Waals surface area contributed by atoms with Gasteiger partial charge in [0.25, 0.3) is 0 Å². The quantitative estimate of drug-likeness (QED) is 0.614. The average Bonchev–Trinajstić information content (AvgIpc) is 2.27. The van der Waals surface area contributed by atoms with Gasteiger partial charge >= 0.3 is 0 Å². The van der Waals surface area contributed by atoms with Crippen LogP contribution in [0, 0.1) is 0 Å². The summed E-state index contributed by atoms with van der Waals surface area (Å²) in [5.74, 6) is 1.14. The lowest BCUT2D eigenvalue weighted by Gasteiger charge is -2.11. The van der Waals surface area contributed by atoms with Crippen LogP contribution < -0.4 is 5.32 Å². The predicted octanol–water partition coefficient (Wildman–Crippen LogP) is 3.71. The van der Waals surface area contributed by atoms with E-state index in [4.69, 9.17) is 0 Å². The Morgan fingerprint density at radius 3 is 2.94 bits per heavy atom. The summed E-state index contributed by atoms with van der Waals surface area (Å²) in [6.07, 6.45) is 4.32. The molecule has 0 amide bonds. The number of pyridine rings is 1. The van der Waals surface area contributed by atoms with Crippen LogP contribution in [0.2, 0.25) is 0 Å². The van der Waals surface area contributed by atoms with Crippen molar-refractivity contribution in [1.29, 1.82) is 0 Å². The molecule has 1 aromatic rings. The molecule has 0 radical (unpaired) electrons. The van der Waals surface area contributed by atoms with Gasteiger partial charge in [-0.25, -0.2) is 4.98 Å². The molecule has 0 spiro atoms. The third-order valence-corrected chi connectivity index (χ3v) is 3.78. The second-order valence-corrected chi connectivity index (χ2v) is 5.79. The Balaban J connectivity index is 2.13. The smallest absolute Gasteiger partial charge is 0.0960 e. The lowest BCUT2D eigenvalue weighted by atomic mass is 10.2. The van der Waals surface area contributed by atoms with Crippen molar-refractivity contribution in [3.63, 3.8) is 0 Å². The standard InChI is InChI=1S/C12H19BrN2S/c1-3-14-10(2)5-4-8-16-12-7-6-11(13)9-15-12/h6-7,9-10,14H,3-5,8H2,1-2H3. The first-order valence-corrected chi connectivity index (χ1v) is 7.48. The minimum absolute atomic E-state index is 0.628. The molecule has 0 saturated heterocycles. The monoisotopic (exact) mass is 302 g/mol. The molecule has 0 aliphatic carbocycles. The van der Waals surface area contributed by atoms with Gasteiger partial charge in [-0.3, -0.25) is 0 Å². The molecule has 1 aromatic heterocycles. The fourth-order valence-corrected chi connectivity index (χ4v) is 2.51. The zero-order chi connectivity index (χ0) is 11.8. The molecule has 16 heavy (non-hydrogen) atoms. The highest BCUT2D eigenvalue weighted by Crippen LogP contribution is 2.18. The van der Waals surface area contributed by atoms with Crippen LogP contribution in [-0.4, -0.2) is 23.3 Å². The lowest BCUT2D eigenvalue weighted by Crippen LogP contribution is -2.25. The molecule has 2 nitrogen and oxygen atoms in total. The number of halogens is 1. The van der Waals surface area contributed by atoms with Gasteiger partial charge in [0.1, 0.15) is 0 Å². The van der Waals surface area contributed by atoms with Crippen LogP contribution in [0.25, 0.3) is 0 Å². The normalized spacial score (nSPS) is 12.7. The molecular weight excluding hydrogens is 284 g/mol. The molecule has 0 saturated carbocycles. The van der Waals surface area contributed by atoms with E-state index >= 15 is 0 Å². The van der Waals surface area contributed by atoms with E-state index in [0.717, 1.165) is 21.8 Å². The van der Waals surface area contributed by atoms with Crippen molar-refractivity contribution >= 4 is 27.7 Å². The number of aromatic nitrogens is 1. The van der Waals surface area contributed by atoms with E-state index in [1.807, 2.05) is 24.0 Å². The first-order valence-electron chi connectivity index (χ1n) is 5.70. The second kappa shape index (κ2) is 8.09. The van der Waals surface area contributed by atoms with E-state index in [2.05, 4.69) is 46.1 Å². The maximum absolute atomic E-state index is 4.33. The maximum atomic E-state index is 4.33. The Bertz CT molecular complexity index is 290. The summed E-state index contributed by atoms with van der Waals surface area (Å²) in [5, 5.41) is 4.53. The SMILES string of the molecule is CCNC(C)CCCSc1ccc(Br)cn1. The Labute approximate surface area is 111 Å². The van der Waals surface area contributed by atoms with Crippen molar-refractivity contribution in [3.8, 4) is 0 Å². The van der Waals surface area contributed by atoms with Gasteiger partial charge in [0.15, 0.2) is 0 Å². The van der Waals surface area contributed by atoms with Gasteiger partial charge in [-0.2, -0.15) is 0 Å². The molecule has 1 atom stereocenters. The maximum Gasteiger partial charge on any atom is 0.0960 e. The van der Waals surface area contributed by atoms with Crippen LogP contribution >= 0.6 is 27.7 Å². The fraction of sp³-hybridized carbons (Fsp3) is 0.583. The largest absolute Gasteiger partial charge is 0.315 e. The summed E-state index contributed by atoms with van der Waals surface area (Å²) in [5.41, 5.74) is 0. The van der Waals surface area contributed by atoms with Crippen molar-refractivity contribution in [2.75, 3.05) is 12.3 Å². The molecule has 4 heteroatoms. The van der Waals surface area contributed by atoms with Crippen LogP contribution in [0.5, 0.6) is 0 Å². The Kier molecular flexibility index (Phi) is 7.08. The zero-order valence-corrected chi connectivity index (χ0v) is 12.3. The molecule has 0 bridgehead atoms. The molecule has 0 fully saturated rings. The molecule has 1 heterocycles. The van der Waals surface area contributed by atoms with E-state index in [0.29, 0.717) is 6.04 Å². The number of thioether (sulfide) groups is 1. The molecule has 0 aliphatic rings. The third kappa shape index (κ3) is 5.87. The molecule has 1 rings (SSSR count). The van der Waals surface area contributed by atoms with E-state index in [1.165, 1.54) is 12.8 Å². The van der Waals surface area contributed by atoms with Crippen molar-refractivity contribution in [2.24, 2.45) is 0 Å². The second-order valence-electron chi connectivity index (χ2n) is 3.76. The van der Waals surface area contributed by atoms with Crippen molar-refractivity contribution < 1.29 is 0 Å². The van der Waals surface area contributed by atoms with Gasteiger partial charge in [0.2, 0.25) is 0 Å². The number of nitrogens with one attached hydrogen (secondary N) is 1. The Morgan fingerprint density at radius 1 is 1.50 bits per heavy atom. The summed E-state index contributed by atoms with van der Waals surface area (Å²) in [6.45, 7) is 5.45. The molecular formula is C12H19BrN2S. The van der Waals surface area contributed by atoms with Crippen LogP contribution in [0.15, 0.2) is 27.8 Å². The van der Waals surface area contributed by atoms with Crippen molar-refractivity contribution in [2.45, 2.75) is 37.8 Å². The zero-order valence-electron chi connectivity index (χ0n) is 9.87. The van der Waals surface area contributed by atoms with Gasteiger partial charge in [0, 0.05) is 16.7 Å². The highest BCUT2D eigenvalue weighted by atomic mass is 79.9. The predicted molar refractivity (Wildman–Crippen MR) is 75.0 cm³/mol. The summed E-state index contributed by atoms with van der Waals surface area (Å²) in [6, 6.07) is 4.72. The minimum Gasteiger partial charge on any atom is -0.315 e. The van der Waals surface area contributed by atoms with Crippen LogP contribution in [-0.2, 0) is 0 Å². The van der Waals surface area contributed by atoms with Crippen LogP contribution in [0.3, 0.4) is 0 Å².